The summed E-state index contributed by atoms with van der Waals surface area (Å²) >= 11 is 6.31. The number of carboxylic acid groups (broad SMARTS) is 1. The fraction of sp³-hybridized carbons (Fsp3) is 0.316. The van der Waals surface area contributed by atoms with Crippen molar-refractivity contribution in [1.29, 1.82) is 0 Å². The quantitative estimate of drug-likeness (QED) is 0.786. The molecule has 3 rings (SSSR count). The summed E-state index contributed by atoms with van der Waals surface area (Å²) in [6.45, 7) is 4.22. The Hall–Kier alpha value is -2.00. The molecule has 0 heterocycles. The van der Waals surface area contributed by atoms with Gasteiger partial charge in [0, 0.05) is 10.6 Å². The zero-order chi connectivity index (χ0) is 16.6. The van der Waals surface area contributed by atoms with E-state index in [9.17, 15) is 9.90 Å². The molecule has 1 aliphatic rings. The summed E-state index contributed by atoms with van der Waals surface area (Å²) in [7, 11) is 0. The molecule has 4 heteroatoms. The van der Waals surface area contributed by atoms with E-state index in [0.717, 1.165) is 29.5 Å². The first-order valence-electron chi connectivity index (χ1n) is 7.76. The van der Waals surface area contributed by atoms with E-state index in [1.165, 1.54) is 5.56 Å². The van der Waals surface area contributed by atoms with Crippen molar-refractivity contribution in [3.63, 3.8) is 0 Å². The number of aryl methyl sites for hydroxylation is 1. The SMILES string of the molecule is CC1(C)CCc2ccc(-c3ccccc3Cl)cc2C1NC(=O)O. The Bertz CT molecular complexity index is 755. The Morgan fingerprint density at radius 1 is 1.26 bits per heavy atom. The van der Waals surface area contributed by atoms with E-state index in [1.807, 2.05) is 24.3 Å². The van der Waals surface area contributed by atoms with Crippen LogP contribution in [0.15, 0.2) is 42.5 Å². The van der Waals surface area contributed by atoms with E-state index in [0.29, 0.717) is 5.02 Å². The second-order valence-electron chi connectivity index (χ2n) is 6.76. The predicted octanol–water partition coefficient (Wildman–Crippen LogP) is 5.29. The first-order chi connectivity index (χ1) is 10.9. The van der Waals surface area contributed by atoms with Crippen LogP contribution in [-0.2, 0) is 6.42 Å². The maximum absolute atomic E-state index is 11.2. The Kier molecular flexibility index (Phi) is 4.07. The second kappa shape index (κ2) is 5.89. The Morgan fingerprint density at radius 3 is 2.70 bits per heavy atom. The molecule has 0 radical (unpaired) electrons. The minimum absolute atomic E-state index is 0.121. The van der Waals surface area contributed by atoms with Crippen molar-refractivity contribution in [3.05, 3.63) is 58.6 Å². The third-order valence-electron chi connectivity index (χ3n) is 4.73. The number of benzene rings is 2. The molecule has 23 heavy (non-hydrogen) atoms. The molecule has 0 saturated carbocycles. The average Bonchev–Trinajstić information content (AvgIpc) is 2.50. The second-order valence-corrected chi connectivity index (χ2v) is 7.17. The minimum Gasteiger partial charge on any atom is -0.465 e. The molecule has 0 fully saturated rings. The number of amides is 1. The molecule has 2 aromatic rings. The maximum atomic E-state index is 11.2. The molecule has 1 unspecified atom stereocenters. The van der Waals surface area contributed by atoms with Crippen LogP contribution in [0, 0.1) is 5.41 Å². The molecule has 2 aromatic carbocycles. The van der Waals surface area contributed by atoms with Crippen LogP contribution in [0.5, 0.6) is 0 Å². The number of nitrogens with one attached hydrogen (secondary N) is 1. The third kappa shape index (κ3) is 3.06. The van der Waals surface area contributed by atoms with Crippen LogP contribution in [0.3, 0.4) is 0 Å². The zero-order valence-electron chi connectivity index (χ0n) is 13.3. The van der Waals surface area contributed by atoms with Crippen LogP contribution >= 0.6 is 11.6 Å². The summed E-state index contributed by atoms with van der Waals surface area (Å²) in [6.07, 6.45) is 0.929. The highest BCUT2D eigenvalue weighted by Crippen LogP contribution is 2.44. The summed E-state index contributed by atoms with van der Waals surface area (Å²) in [5, 5.41) is 12.6. The first-order valence-corrected chi connectivity index (χ1v) is 8.13. The highest BCUT2D eigenvalue weighted by atomic mass is 35.5. The van der Waals surface area contributed by atoms with E-state index >= 15 is 0 Å². The number of hydrogen-bond acceptors (Lipinski definition) is 1. The lowest BCUT2D eigenvalue weighted by molar-refractivity contribution is 0.161. The lowest BCUT2D eigenvalue weighted by Gasteiger charge is -2.40. The van der Waals surface area contributed by atoms with E-state index in [1.54, 1.807) is 0 Å². The zero-order valence-corrected chi connectivity index (χ0v) is 14.0. The molecule has 1 atom stereocenters. The van der Waals surface area contributed by atoms with Gasteiger partial charge in [0.2, 0.25) is 0 Å². The van der Waals surface area contributed by atoms with Crippen molar-refractivity contribution in [1.82, 2.24) is 5.32 Å². The van der Waals surface area contributed by atoms with Crippen LogP contribution in [0.1, 0.15) is 37.4 Å². The van der Waals surface area contributed by atoms with Gasteiger partial charge in [0.15, 0.2) is 0 Å². The monoisotopic (exact) mass is 329 g/mol. The van der Waals surface area contributed by atoms with Gasteiger partial charge in [-0.3, -0.25) is 0 Å². The van der Waals surface area contributed by atoms with E-state index in [4.69, 9.17) is 11.6 Å². The standard InChI is InChI=1S/C19H20ClNO2/c1-19(2)10-9-12-7-8-13(14-5-3-4-6-16(14)20)11-15(12)17(19)21-18(22)23/h3-8,11,17,21H,9-10H2,1-2H3,(H,22,23). The van der Waals surface area contributed by atoms with Gasteiger partial charge in [0.25, 0.3) is 0 Å². The van der Waals surface area contributed by atoms with Gasteiger partial charge in [-0.1, -0.05) is 55.8 Å². The van der Waals surface area contributed by atoms with Gasteiger partial charge in [-0.2, -0.15) is 0 Å². The molecule has 0 spiro atoms. The van der Waals surface area contributed by atoms with Gasteiger partial charge in [-0.15, -0.1) is 0 Å². The molecule has 0 aromatic heterocycles. The van der Waals surface area contributed by atoms with Gasteiger partial charge in [-0.25, -0.2) is 4.79 Å². The van der Waals surface area contributed by atoms with Crippen LogP contribution in [0.2, 0.25) is 5.02 Å². The van der Waals surface area contributed by atoms with Crippen LogP contribution < -0.4 is 5.32 Å². The average molecular weight is 330 g/mol. The summed E-state index contributed by atoms with van der Waals surface area (Å²) in [5.74, 6) is 0. The third-order valence-corrected chi connectivity index (χ3v) is 5.06. The topological polar surface area (TPSA) is 49.3 Å². The highest BCUT2D eigenvalue weighted by Gasteiger charge is 2.37. The fourth-order valence-electron chi connectivity index (χ4n) is 3.37. The maximum Gasteiger partial charge on any atom is 0.405 e. The van der Waals surface area contributed by atoms with E-state index < -0.39 is 6.09 Å². The summed E-state index contributed by atoms with van der Waals surface area (Å²) in [5.41, 5.74) is 4.13. The lowest BCUT2D eigenvalue weighted by atomic mass is 9.70. The van der Waals surface area contributed by atoms with Gasteiger partial charge in [0.05, 0.1) is 6.04 Å². The number of halogens is 1. The molecule has 2 N–H and O–H groups in total. The fourth-order valence-corrected chi connectivity index (χ4v) is 3.62. The number of hydrogen-bond donors (Lipinski definition) is 2. The van der Waals surface area contributed by atoms with Crippen molar-refractivity contribution < 1.29 is 9.90 Å². The van der Waals surface area contributed by atoms with Gasteiger partial charge >= 0.3 is 6.09 Å². The van der Waals surface area contributed by atoms with Crippen molar-refractivity contribution >= 4 is 17.7 Å². The van der Waals surface area contributed by atoms with Gasteiger partial charge in [-0.05, 0) is 47.1 Å². The molecule has 120 valence electrons. The largest absolute Gasteiger partial charge is 0.465 e. The van der Waals surface area contributed by atoms with E-state index in [2.05, 4.69) is 37.4 Å². The normalized spacial score (nSPS) is 19.0. The van der Waals surface area contributed by atoms with Crippen molar-refractivity contribution in [2.45, 2.75) is 32.7 Å². The molecular weight excluding hydrogens is 310 g/mol. The van der Waals surface area contributed by atoms with Crippen molar-refractivity contribution in [2.75, 3.05) is 0 Å². The van der Waals surface area contributed by atoms with Crippen LogP contribution in [0.4, 0.5) is 4.79 Å². The molecule has 0 aliphatic heterocycles. The smallest absolute Gasteiger partial charge is 0.405 e. The highest BCUT2D eigenvalue weighted by molar-refractivity contribution is 6.33. The van der Waals surface area contributed by atoms with Gasteiger partial charge in [0.1, 0.15) is 0 Å². The van der Waals surface area contributed by atoms with Crippen LogP contribution in [0.25, 0.3) is 11.1 Å². The molecule has 0 bridgehead atoms. The lowest BCUT2D eigenvalue weighted by Crippen LogP contribution is -2.40. The molecule has 3 nitrogen and oxygen atoms in total. The molecular formula is C19H20ClNO2. The van der Waals surface area contributed by atoms with E-state index in [-0.39, 0.29) is 11.5 Å². The summed E-state index contributed by atoms with van der Waals surface area (Å²) < 4.78 is 0. The van der Waals surface area contributed by atoms with Gasteiger partial charge < -0.3 is 10.4 Å². The first kappa shape index (κ1) is 15.9. The number of fused-ring (bicyclic) bond motifs is 1. The molecule has 1 amide bonds. The number of carbonyl (C=O) groups is 1. The minimum atomic E-state index is -0.987. The summed E-state index contributed by atoms with van der Waals surface area (Å²) in [6, 6.07) is 13.7. The summed E-state index contributed by atoms with van der Waals surface area (Å²) in [4.78, 5) is 11.2. The predicted molar refractivity (Wildman–Crippen MR) is 92.9 cm³/mol. The molecule has 1 aliphatic carbocycles. The Labute approximate surface area is 141 Å². The van der Waals surface area contributed by atoms with Crippen molar-refractivity contribution in [3.8, 4) is 11.1 Å². The molecule has 0 saturated heterocycles. The van der Waals surface area contributed by atoms with Crippen molar-refractivity contribution in [2.24, 2.45) is 5.41 Å². The Balaban J connectivity index is 2.10. The van der Waals surface area contributed by atoms with Crippen LogP contribution in [-0.4, -0.2) is 11.2 Å². The Morgan fingerprint density at radius 2 is 2.00 bits per heavy atom. The number of rotatable bonds is 2.